The molecule has 0 fully saturated rings. The summed E-state index contributed by atoms with van der Waals surface area (Å²) in [6, 6.07) is 9.86. The normalized spacial score (nSPS) is 10.4. The number of rotatable bonds is 6. The quantitative estimate of drug-likeness (QED) is 0.721. The molecule has 4 heteroatoms. The van der Waals surface area contributed by atoms with E-state index in [0.717, 1.165) is 12.1 Å². The molecule has 88 valence electrons. The minimum absolute atomic E-state index is 0.0276. The highest BCUT2D eigenvalue weighted by Gasteiger charge is 2.04. The van der Waals surface area contributed by atoms with Gasteiger partial charge in [0.25, 0.3) is 0 Å². The smallest absolute Gasteiger partial charge is 0.234 e. The fourth-order valence-electron chi connectivity index (χ4n) is 1.40. The SMILES string of the molecule is CN(CCN)CC(=O)NCc1ccccc1. The minimum atomic E-state index is 0.0276. The number of amides is 1. The zero-order chi connectivity index (χ0) is 11.8. The monoisotopic (exact) mass is 221 g/mol. The van der Waals surface area contributed by atoms with E-state index < -0.39 is 0 Å². The lowest BCUT2D eigenvalue weighted by Crippen LogP contribution is -2.37. The van der Waals surface area contributed by atoms with Gasteiger partial charge in [0.15, 0.2) is 0 Å². The topological polar surface area (TPSA) is 58.4 Å². The molecule has 3 N–H and O–H groups in total. The van der Waals surface area contributed by atoms with Gasteiger partial charge in [0.2, 0.25) is 5.91 Å². The molecule has 0 atom stereocenters. The Kier molecular flexibility index (Phi) is 5.53. The number of carbonyl (C=O) groups excluding carboxylic acids is 1. The van der Waals surface area contributed by atoms with Gasteiger partial charge in [-0.25, -0.2) is 0 Å². The Morgan fingerprint density at radius 3 is 2.69 bits per heavy atom. The Balaban J connectivity index is 2.25. The highest BCUT2D eigenvalue weighted by atomic mass is 16.2. The van der Waals surface area contributed by atoms with Crippen LogP contribution in [-0.2, 0) is 11.3 Å². The number of nitrogens with zero attached hydrogens (tertiary/aromatic N) is 1. The van der Waals surface area contributed by atoms with Gasteiger partial charge in [0.1, 0.15) is 0 Å². The van der Waals surface area contributed by atoms with Gasteiger partial charge < -0.3 is 11.1 Å². The number of nitrogens with one attached hydrogen (secondary N) is 1. The van der Waals surface area contributed by atoms with E-state index in [1.54, 1.807) is 0 Å². The van der Waals surface area contributed by atoms with E-state index in [0.29, 0.717) is 19.6 Å². The zero-order valence-corrected chi connectivity index (χ0v) is 9.65. The van der Waals surface area contributed by atoms with Gasteiger partial charge in [-0.2, -0.15) is 0 Å². The molecule has 0 unspecified atom stereocenters. The molecule has 4 nitrogen and oxygen atoms in total. The van der Waals surface area contributed by atoms with Crippen LogP contribution in [0.1, 0.15) is 5.56 Å². The average molecular weight is 221 g/mol. The van der Waals surface area contributed by atoms with E-state index in [2.05, 4.69) is 5.32 Å². The maximum Gasteiger partial charge on any atom is 0.234 e. The molecule has 1 rings (SSSR count). The van der Waals surface area contributed by atoms with Crippen molar-refractivity contribution < 1.29 is 4.79 Å². The molecule has 0 bridgehead atoms. The molecule has 0 aliphatic rings. The molecule has 0 aliphatic carbocycles. The molecule has 0 saturated carbocycles. The fourth-order valence-corrected chi connectivity index (χ4v) is 1.40. The van der Waals surface area contributed by atoms with Crippen LogP contribution in [0, 0.1) is 0 Å². The standard InChI is InChI=1S/C12H19N3O/c1-15(8-7-13)10-12(16)14-9-11-5-3-2-4-6-11/h2-6H,7-10,13H2,1H3,(H,14,16). The van der Waals surface area contributed by atoms with Crippen molar-refractivity contribution in [3.05, 3.63) is 35.9 Å². The van der Waals surface area contributed by atoms with Crippen molar-refractivity contribution in [3.8, 4) is 0 Å². The molecule has 1 aromatic carbocycles. The molecule has 0 aliphatic heterocycles. The predicted octanol–water partition coefficient (Wildman–Crippen LogP) is 0.193. The van der Waals surface area contributed by atoms with Crippen molar-refractivity contribution in [3.63, 3.8) is 0 Å². The summed E-state index contributed by atoms with van der Waals surface area (Å²) >= 11 is 0. The van der Waals surface area contributed by atoms with Crippen molar-refractivity contribution >= 4 is 5.91 Å². The van der Waals surface area contributed by atoms with Crippen LogP contribution in [0.5, 0.6) is 0 Å². The number of carbonyl (C=O) groups is 1. The summed E-state index contributed by atoms with van der Waals surface area (Å²) in [6.07, 6.45) is 0. The summed E-state index contributed by atoms with van der Waals surface area (Å²) in [6.45, 7) is 2.28. The molecular formula is C12H19N3O. The van der Waals surface area contributed by atoms with Gasteiger partial charge in [-0.1, -0.05) is 30.3 Å². The second-order valence-electron chi connectivity index (χ2n) is 3.79. The van der Waals surface area contributed by atoms with Crippen molar-refractivity contribution in [2.75, 3.05) is 26.7 Å². The van der Waals surface area contributed by atoms with Gasteiger partial charge in [-0.3, -0.25) is 9.69 Å². The number of likely N-dealkylation sites (N-methyl/N-ethyl adjacent to an activating group) is 1. The summed E-state index contributed by atoms with van der Waals surface area (Å²) in [5.74, 6) is 0.0276. The third-order valence-electron chi connectivity index (χ3n) is 2.26. The second-order valence-corrected chi connectivity index (χ2v) is 3.79. The van der Waals surface area contributed by atoms with E-state index >= 15 is 0 Å². The lowest BCUT2D eigenvalue weighted by molar-refractivity contribution is -0.122. The molecule has 1 aromatic rings. The first-order valence-electron chi connectivity index (χ1n) is 5.41. The van der Waals surface area contributed by atoms with Gasteiger partial charge >= 0.3 is 0 Å². The van der Waals surface area contributed by atoms with Crippen LogP contribution in [0.25, 0.3) is 0 Å². The second kappa shape index (κ2) is 6.98. The largest absolute Gasteiger partial charge is 0.351 e. The Morgan fingerprint density at radius 1 is 1.38 bits per heavy atom. The highest BCUT2D eigenvalue weighted by Crippen LogP contribution is 1.96. The van der Waals surface area contributed by atoms with Crippen LogP contribution in [0.3, 0.4) is 0 Å². The zero-order valence-electron chi connectivity index (χ0n) is 9.65. The molecule has 1 amide bonds. The van der Waals surface area contributed by atoms with Gasteiger partial charge in [-0.05, 0) is 12.6 Å². The molecule has 0 heterocycles. The number of benzene rings is 1. The summed E-state index contributed by atoms with van der Waals surface area (Å²) in [4.78, 5) is 13.4. The van der Waals surface area contributed by atoms with Crippen LogP contribution in [-0.4, -0.2) is 37.5 Å². The number of hydrogen-bond acceptors (Lipinski definition) is 3. The first-order chi connectivity index (χ1) is 7.72. The third kappa shape index (κ3) is 4.91. The van der Waals surface area contributed by atoms with Gasteiger partial charge in [0, 0.05) is 19.6 Å². The Labute approximate surface area is 96.4 Å². The molecule has 0 spiro atoms. The van der Waals surface area contributed by atoms with Gasteiger partial charge in [0.05, 0.1) is 6.54 Å². The van der Waals surface area contributed by atoms with Crippen LogP contribution < -0.4 is 11.1 Å². The van der Waals surface area contributed by atoms with Gasteiger partial charge in [-0.15, -0.1) is 0 Å². The first kappa shape index (κ1) is 12.7. The Bertz CT molecular complexity index is 313. The third-order valence-corrected chi connectivity index (χ3v) is 2.26. The molecular weight excluding hydrogens is 202 g/mol. The summed E-state index contributed by atoms with van der Waals surface area (Å²) in [5.41, 5.74) is 6.51. The maximum absolute atomic E-state index is 11.5. The summed E-state index contributed by atoms with van der Waals surface area (Å²) in [7, 11) is 1.88. The van der Waals surface area contributed by atoms with Crippen LogP contribution >= 0.6 is 0 Å². The summed E-state index contributed by atoms with van der Waals surface area (Å²) in [5, 5.41) is 2.87. The van der Waals surface area contributed by atoms with Crippen LogP contribution in [0.4, 0.5) is 0 Å². The maximum atomic E-state index is 11.5. The Hall–Kier alpha value is -1.39. The Morgan fingerprint density at radius 2 is 2.06 bits per heavy atom. The lowest BCUT2D eigenvalue weighted by atomic mass is 10.2. The number of nitrogens with two attached hydrogens (primary N) is 1. The van der Waals surface area contributed by atoms with E-state index in [1.165, 1.54) is 0 Å². The van der Waals surface area contributed by atoms with E-state index in [4.69, 9.17) is 5.73 Å². The molecule has 16 heavy (non-hydrogen) atoms. The van der Waals surface area contributed by atoms with Crippen LogP contribution in [0.2, 0.25) is 0 Å². The molecule has 0 radical (unpaired) electrons. The van der Waals surface area contributed by atoms with E-state index in [9.17, 15) is 4.79 Å². The van der Waals surface area contributed by atoms with Crippen molar-refractivity contribution in [1.29, 1.82) is 0 Å². The first-order valence-corrected chi connectivity index (χ1v) is 5.41. The van der Waals surface area contributed by atoms with Crippen molar-refractivity contribution in [2.45, 2.75) is 6.54 Å². The molecule has 0 aromatic heterocycles. The fraction of sp³-hybridized carbons (Fsp3) is 0.417. The molecule has 0 saturated heterocycles. The highest BCUT2D eigenvalue weighted by molar-refractivity contribution is 5.77. The average Bonchev–Trinajstić information content (AvgIpc) is 2.28. The van der Waals surface area contributed by atoms with E-state index in [-0.39, 0.29) is 5.91 Å². The lowest BCUT2D eigenvalue weighted by Gasteiger charge is -2.14. The van der Waals surface area contributed by atoms with E-state index in [1.807, 2.05) is 42.3 Å². The van der Waals surface area contributed by atoms with Crippen LogP contribution in [0.15, 0.2) is 30.3 Å². The van der Waals surface area contributed by atoms with Crippen molar-refractivity contribution in [2.24, 2.45) is 5.73 Å². The summed E-state index contributed by atoms with van der Waals surface area (Å²) < 4.78 is 0. The minimum Gasteiger partial charge on any atom is -0.351 e. The number of hydrogen-bond donors (Lipinski definition) is 2. The predicted molar refractivity (Wildman–Crippen MR) is 64.8 cm³/mol. The van der Waals surface area contributed by atoms with Crippen molar-refractivity contribution in [1.82, 2.24) is 10.2 Å².